The van der Waals surface area contributed by atoms with Gasteiger partial charge in [-0.3, -0.25) is 0 Å². The van der Waals surface area contributed by atoms with Gasteiger partial charge in [0.15, 0.2) is 5.57 Å². The third-order valence-electron chi connectivity index (χ3n) is 0.627. The molecule has 0 radical (unpaired) electrons. The second kappa shape index (κ2) is 2.71. The normalized spacial score (nSPS) is 8.00. The summed E-state index contributed by atoms with van der Waals surface area (Å²) in [7, 11) is 0. The molecule has 0 saturated heterocycles. The molecule has 0 amide bonds. The standard InChI is InChI=1S/C4H5NO4/c5-1-2(3(6)7)4(8)9/h1H,5H2,(H,6,7)(H,8,9). The summed E-state index contributed by atoms with van der Waals surface area (Å²) in [5, 5.41) is 16.0. The highest BCUT2D eigenvalue weighted by Gasteiger charge is 2.13. The maximum Gasteiger partial charge on any atom is 0.344 e. The van der Waals surface area contributed by atoms with Gasteiger partial charge in [-0.2, -0.15) is 0 Å². The van der Waals surface area contributed by atoms with Crippen LogP contribution in [-0.4, -0.2) is 22.2 Å². The Morgan fingerprint density at radius 2 is 1.56 bits per heavy atom. The predicted molar refractivity (Wildman–Crippen MR) is 27.5 cm³/mol. The molecule has 0 aromatic carbocycles. The molecule has 0 fully saturated rings. The number of carboxylic acid groups (broad SMARTS) is 2. The first kappa shape index (κ1) is 7.48. The van der Waals surface area contributed by atoms with Crippen LogP contribution in [0.15, 0.2) is 11.8 Å². The van der Waals surface area contributed by atoms with Crippen molar-refractivity contribution in [3.05, 3.63) is 11.8 Å². The van der Waals surface area contributed by atoms with Crippen molar-refractivity contribution < 1.29 is 19.8 Å². The minimum atomic E-state index is -1.54. The van der Waals surface area contributed by atoms with E-state index in [1.165, 1.54) is 0 Å². The summed E-state index contributed by atoms with van der Waals surface area (Å²) in [6.07, 6.45) is 0.532. The van der Waals surface area contributed by atoms with Gasteiger partial charge in [-0.15, -0.1) is 0 Å². The van der Waals surface area contributed by atoms with Gasteiger partial charge >= 0.3 is 11.9 Å². The van der Waals surface area contributed by atoms with E-state index >= 15 is 0 Å². The third kappa shape index (κ3) is 1.81. The Kier molecular flexibility index (Phi) is 2.25. The predicted octanol–water partition coefficient (Wildman–Crippen LogP) is -1.00. The lowest BCUT2D eigenvalue weighted by Gasteiger charge is -1.89. The molecule has 0 saturated carbocycles. The van der Waals surface area contributed by atoms with E-state index in [1.807, 2.05) is 0 Å². The summed E-state index contributed by atoms with van der Waals surface area (Å²) in [5.74, 6) is -3.07. The molecule has 0 rings (SSSR count). The van der Waals surface area contributed by atoms with E-state index in [-0.39, 0.29) is 0 Å². The van der Waals surface area contributed by atoms with E-state index in [2.05, 4.69) is 5.73 Å². The van der Waals surface area contributed by atoms with Gasteiger partial charge in [0.2, 0.25) is 0 Å². The lowest BCUT2D eigenvalue weighted by Crippen LogP contribution is -2.12. The van der Waals surface area contributed by atoms with Gasteiger partial charge in [0, 0.05) is 6.20 Å². The van der Waals surface area contributed by atoms with Gasteiger partial charge in [0.05, 0.1) is 0 Å². The van der Waals surface area contributed by atoms with E-state index in [1.54, 1.807) is 0 Å². The molecule has 4 N–H and O–H groups in total. The van der Waals surface area contributed by atoms with E-state index in [0.717, 1.165) is 0 Å². The molecule has 0 unspecified atom stereocenters. The van der Waals surface area contributed by atoms with E-state index < -0.39 is 17.5 Å². The Morgan fingerprint density at radius 1 is 1.22 bits per heavy atom. The molecule has 5 heteroatoms. The fourth-order valence-corrected chi connectivity index (χ4v) is 0.234. The largest absolute Gasteiger partial charge is 0.477 e. The van der Waals surface area contributed by atoms with Crippen LogP contribution >= 0.6 is 0 Å². The zero-order chi connectivity index (χ0) is 7.44. The molecule has 9 heavy (non-hydrogen) atoms. The lowest BCUT2D eigenvalue weighted by atomic mass is 10.3. The van der Waals surface area contributed by atoms with E-state index in [4.69, 9.17) is 10.2 Å². The molecule has 0 aromatic heterocycles. The van der Waals surface area contributed by atoms with Crippen molar-refractivity contribution in [1.82, 2.24) is 0 Å². The highest BCUT2D eigenvalue weighted by molar-refractivity contribution is 6.12. The fourth-order valence-electron chi connectivity index (χ4n) is 0.234. The van der Waals surface area contributed by atoms with Gasteiger partial charge in [-0.25, -0.2) is 9.59 Å². The summed E-state index contributed by atoms with van der Waals surface area (Å²) < 4.78 is 0. The number of nitrogens with two attached hydrogens (primary N) is 1. The molecule has 0 aliphatic heterocycles. The van der Waals surface area contributed by atoms with Crippen LogP contribution in [0.1, 0.15) is 0 Å². The fraction of sp³-hybridized carbons (Fsp3) is 0. The Bertz CT molecular complexity index is 155. The van der Waals surface area contributed by atoms with Crippen LogP contribution in [-0.2, 0) is 9.59 Å². The number of carbonyl (C=O) groups is 2. The van der Waals surface area contributed by atoms with Crippen LogP contribution in [0.25, 0.3) is 0 Å². The summed E-state index contributed by atoms with van der Waals surface area (Å²) in [6, 6.07) is 0. The zero-order valence-electron chi connectivity index (χ0n) is 4.37. The van der Waals surface area contributed by atoms with Crippen molar-refractivity contribution >= 4 is 11.9 Å². The summed E-state index contributed by atoms with van der Waals surface area (Å²) in [5.41, 5.74) is 3.83. The topological polar surface area (TPSA) is 101 Å². The Morgan fingerprint density at radius 3 is 1.56 bits per heavy atom. The highest BCUT2D eigenvalue weighted by atomic mass is 16.4. The van der Waals surface area contributed by atoms with Gasteiger partial charge in [0.1, 0.15) is 0 Å². The zero-order valence-corrected chi connectivity index (χ0v) is 4.37. The minimum Gasteiger partial charge on any atom is -0.477 e. The number of hydrogen-bond donors (Lipinski definition) is 3. The third-order valence-corrected chi connectivity index (χ3v) is 0.627. The molecule has 5 nitrogen and oxygen atoms in total. The van der Waals surface area contributed by atoms with Crippen molar-refractivity contribution in [2.45, 2.75) is 0 Å². The van der Waals surface area contributed by atoms with Crippen LogP contribution < -0.4 is 5.73 Å². The second-order valence-corrected chi connectivity index (χ2v) is 1.19. The van der Waals surface area contributed by atoms with Gasteiger partial charge in [0.25, 0.3) is 0 Å². The van der Waals surface area contributed by atoms with Crippen LogP contribution in [0, 0.1) is 0 Å². The first-order valence-electron chi connectivity index (χ1n) is 1.98. The van der Waals surface area contributed by atoms with Crippen LogP contribution in [0.4, 0.5) is 0 Å². The van der Waals surface area contributed by atoms with Gasteiger partial charge in [-0.1, -0.05) is 0 Å². The maximum atomic E-state index is 9.84. The van der Waals surface area contributed by atoms with Crippen molar-refractivity contribution in [3.8, 4) is 0 Å². The average molecular weight is 131 g/mol. The molecule has 50 valence electrons. The summed E-state index contributed by atoms with van der Waals surface area (Å²) >= 11 is 0. The van der Waals surface area contributed by atoms with Gasteiger partial charge in [-0.05, 0) is 0 Å². The number of carboxylic acids is 2. The first-order chi connectivity index (χ1) is 4.09. The molecule has 0 bridgehead atoms. The molecule has 0 atom stereocenters. The van der Waals surface area contributed by atoms with Crippen LogP contribution in [0.3, 0.4) is 0 Å². The van der Waals surface area contributed by atoms with E-state index in [9.17, 15) is 9.59 Å². The first-order valence-corrected chi connectivity index (χ1v) is 1.98. The van der Waals surface area contributed by atoms with Crippen molar-refractivity contribution in [3.63, 3.8) is 0 Å². The number of hydrogen-bond acceptors (Lipinski definition) is 3. The van der Waals surface area contributed by atoms with E-state index in [0.29, 0.717) is 6.20 Å². The molecule has 0 heterocycles. The lowest BCUT2D eigenvalue weighted by molar-refractivity contribution is -0.140. The Balaban J connectivity index is 4.38. The molecular weight excluding hydrogens is 126 g/mol. The number of rotatable bonds is 2. The molecule has 0 aliphatic carbocycles. The van der Waals surface area contributed by atoms with Crippen LogP contribution in [0.2, 0.25) is 0 Å². The Labute approximate surface area is 50.4 Å². The van der Waals surface area contributed by atoms with Crippen molar-refractivity contribution in [2.24, 2.45) is 5.73 Å². The second-order valence-electron chi connectivity index (χ2n) is 1.19. The molecule has 0 aliphatic rings. The summed E-state index contributed by atoms with van der Waals surface area (Å²) in [4.78, 5) is 19.7. The molecule has 0 spiro atoms. The maximum absolute atomic E-state index is 9.84. The van der Waals surface area contributed by atoms with Gasteiger partial charge < -0.3 is 15.9 Å². The SMILES string of the molecule is NC=C(C(=O)O)C(=O)O. The van der Waals surface area contributed by atoms with Crippen molar-refractivity contribution in [2.75, 3.05) is 0 Å². The Hall–Kier alpha value is -1.52. The quantitative estimate of drug-likeness (QED) is 0.253. The summed E-state index contributed by atoms with van der Waals surface area (Å²) in [6.45, 7) is 0. The van der Waals surface area contributed by atoms with Crippen molar-refractivity contribution in [1.29, 1.82) is 0 Å². The highest BCUT2D eigenvalue weighted by Crippen LogP contribution is 1.89. The average Bonchev–Trinajstić information content (AvgIpc) is 1.64. The monoisotopic (exact) mass is 131 g/mol. The smallest absolute Gasteiger partial charge is 0.344 e. The molecular formula is C4H5NO4. The molecule has 0 aromatic rings. The number of aliphatic carboxylic acids is 2. The van der Waals surface area contributed by atoms with Crippen LogP contribution in [0.5, 0.6) is 0 Å². The minimum absolute atomic E-state index is 0.532.